The van der Waals surface area contributed by atoms with Crippen molar-refractivity contribution in [2.75, 3.05) is 6.54 Å². The molecular weight excluding hydrogens is 270 g/mol. The van der Waals surface area contributed by atoms with Crippen molar-refractivity contribution in [1.29, 1.82) is 0 Å². The van der Waals surface area contributed by atoms with Crippen LogP contribution in [0.3, 0.4) is 0 Å². The number of nitrogens with zero attached hydrogens (tertiary/aromatic N) is 3. The Morgan fingerprint density at radius 2 is 2.19 bits per heavy atom. The van der Waals surface area contributed by atoms with Crippen LogP contribution in [-0.4, -0.2) is 39.3 Å². The number of carbonyl (C=O) groups is 1. The number of carbonyl (C=O) groups excluding carboxylic acids is 1. The first-order chi connectivity index (χ1) is 9.81. The molecule has 0 bridgehead atoms. The second-order valence-corrected chi connectivity index (χ2v) is 6.10. The molecule has 7 heteroatoms. The Labute approximate surface area is 126 Å². The molecule has 1 amide bonds. The van der Waals surface area contributed by atoms with Gasteiger partial charge in [-0.2, -0.15) is 0 Å². The third-order valence-corrected chi connectivity index (χ3v) is 2.91. The van der Waals surface area contributed by atoms with Crippen LogP contribution in [0.2, 0.25) is 0 Å². The average Bonchev–Trinajstić information content (AvgIpc) is 2.76. The minimum Gasteiger partial charge on any atom is -0.444 e. The molecule has 0 aliphatic carbocycles. The topological polar surface area (TPSA) is 81.1 Å². The summed E-state index contributed by atoms with van der Waals surface area (Å²) >= 11 is 0. The largest absolute Gasteiger partial charge is 0.444 e. The normalized spacial score (nSPS) is 13.0. The lowest BCUT2D eigenvalue weighted by Gasteiger charge is -2.22. The smallest absolute Gasteiger partial charge is 0.407 e. The van der Waals surface area contributed by atoms with Crippen LogP contribution in [0.5, 0.6) is 0 Å². The Bertz CT molecular complexity index is 439. The van der Waals surface area contributed by atoms with Crippen LogP contribution in [0.15, 0.2) is 6.20 Å². The van der Waals surface area contributed by atoms with Gasteiger partial charge in [-0.3, -0.25) is 4.68 Å². The molecule has 0 aliphatic heterocycles. The number of ether oxygens (including phenoxy) is 1. The molecule has 7 nitrogen and oxygen atoms in total. The molecule has 1 heterocycles. The number of aryl methyl sites for hydroxylation is 1. The number of amides is 1. The van der Waals surface area contributed by atoms with E-state index in [-0.39, 0.29) is 12.1 Å². The minimum atomic E-state index is -0.474. The molecule has 0 spiro atoms. The second-order valence-electron chi connectivity index (χ2n) is 6.10. The van der Waals surface area contributed by atoms with Crippen LogP contribution >= 0.6 is 0 Å². The fourth-order valence-electron chi connectivity index (χ4n) is 1.87. The van der Waals surface area contributed by atoms with Gasteiger partial charge in [0.05, 0.1) is 11.9 Å². The zero-order valence-electron chi connectivity index (χ0n) is 13.6. The Balaban J connectivity index is 2.39. The predicted molar refractivity (Wildman–Crippen MR) is 80.8 cm³/mol. The molecule has 21 heavy (non-hydrogen) atoms. The van der Waals surface area contributed by atoms with E-state index in [9.17, 15) is 4.79 Å². The summed E-state index contributed by atoms with van der Waals surface area (Å²) in [5.74, 6) is 0. The first kappa shape index (κ1) is 17.4. The van der Waals surface area contributed by atoms with Crippen molar-refractivity contribution < 1.29 is 9.53 Å². The maximum absolute atomic E-state index is 11.7. The lowest BCUT2D eigenvalue weighted by Crippen LogP contribution is -2.42. The van der Waals surface area contributed by atoms with Crippen LogP contribution in [0.1, 0.15) is 46.2 Å². The molecule has 2 N–H and O–H groups in total. The number of hydrogen-bond acceptors (Lipinski definition) is 5. The van der Waals surface area contributed by atoms with Crippen LogP contribution < -0.4 is 10.6 Å². The standard InChI is InChI=1S/C14H27N5O2/c1-6-7-11(8-16-13(20)21-14(2,3)4)15-9-12-10-17-18-19(12)5/h10-11,15H,6-9H2,1-5H3,(H,16,20). The molecule has 1 unspecified atom stereocenters. The highest BCUT2D eigenvalue weighted by atomic mass is 16.6. The van der Waals surface area contributed by atoms with Gasteiger partial charge in [0, 0.05) is 26.2 Å². The van der Waals surface area contributed by atoms with Gasteiger partial charge in [0.1, 0.15) is 5.60 Å². The van der Waals surface area contributed by atoms with Crippen LogP contribution in [-0.2, 0) is 18.3 Å². The van der Waals surface area contributed by atoms with E-state index in [1.165, 1.54) is 0 Å². The molecule has 120 valence electrons. The first-order valence-electron chi connectivity index (χ1n) is 7.35. The molecule has 0 aliphatic rings. The zero-order valence-corrected chi connectivity index (χ0v) is 13.6. The fraction of sp³-hybridized carbons (Fsp3) is 0.786. The molecule has 1 aromatic heterocycles. The number of aromatic nitrogens is 3. The van der Waals surface area contributed by atoms with Crippen molar-refractivity contribution in [3.05, 3.63) is 11.9 Å². The van der Waals surface area contributed by atoms with E-state index in [0.717, 1.165) is 18.5 Å². The highest BCUT2D eigenvalue weighted by molar-refractivity contribution is 5.67. The van der Waals surface area contributed by atoms with Crippen LogP contribution in [0, 0.1) is 0 Å². The molecule has 0 aromatic carbocycles. The van der Waals surface area contributed by atoms with E-state index >= 15 is 0 Å². The quantitative estimate of drug-likeness (QED) is 0.799. The van der Waals surface area contributed by atoms with E-state index in [1.807, 2.05) is 27.8 Å². The number of rotatable bonds is 7. The molecule has 0 radical (unpaired) electrons. The van der Waals surface area contributed by atoms with E-state index < -0.39 is 5.60 Å². The summed E-state index contributed by atoms with van der Waals surface area (Å²) in [5, 5.41) is 14.0. The van der Waals surface area contributed by atoms with E-state index in [4.69, 9.17) is 4.74 Å². The highest BCUT2D eigenvalue weighted by Crippen LogP contribution is 2.06. The van der Waals surface area contributed by atoms with Gasteiger partial charge in [0.15, 0.2) is 0 Å². The van der Waals surface area contributed by atoms with Gasteiger partial charge in [-0.15, -0.1) is 5.10 Å². The molecule has 0 saturated heterocycles. The Kier molecular flexibility index (Phi) is 6.61. The number of alkyl carbamates (subject to hydrolysis) is 1. The molecule has 0 fully saturated rings. The van der Waals surface area contributed by atoms with Crippen molar-refractivity contribution >= 4 is 6.09 Å². The second kappa shape index (κ2) is 7.97. The van der Waals surface area contributed by atoms with Gasteiger partial charge >= 0.3 is 6.09 Å². The maximum Gasteiger partial charge on any atom is 0.407 e. The summed E-state index contributed by atoms with van der Waals surface area (Å²) in [6.07, 6.45) is 3.36. The average molecular weight is 297 g/mol. The summed E-state index contributed by atoms with van der Waals surface area (Å²) in [6, 6.07) is 0.192. The van der Waals surface area contributed by atoms with Gasteiger partial charge < -0.3 is 15.4 Å². The van der Waals surface area contributed by atoms with Crippen molar-refractivity contribution in [3.8, 4) is 0 Å². The van der Waals surface area contributed by atoms with Crippen molar-refractivity contribution in [2.24, 2.45) is 7.05 Å². The zero-order chi connectivity index (χ0) is 15.9. The first-order valence-corrected chi connectivity index (χ1v) is 7.35. The summed E-state index contributed by atoms with van der Waals surface area (Å²) in [6.45, 7) is 8.88. The maximum atomic E-state index is 11.7. The third-order valence-electron chi connectivity index (χ3n) is 2.91. The highest BCUT2D eigenvalue weighted by Gasteiger charge is 2.17. The third kappa shape index (κ3) is 7.08. The monoisotopic (exact) mass is 297 g/mol. The molecular formula is C14H27N5O2. The van der Waals surface area contributed by atoms with Crippen molar-refractivity contribution in [2.45, 2.75) is 58.7 Å². The molecule has 1 aromatic rings. The SMILES string of the molecule is CCCC(CNC(=O)OC(C)(C)C)NCc1cnnn1C. The van der Waals surface area contributed by atoms with Crippen LogP contribution in [0.25, 0.3) is 0 Å². The molecule has 0 saturated carbocycles. The van der Waals surface area contributed by atoms with Gasteiger partial charge in [0.2, 0.25) is 0 Å². The summed E-state index contributed by atoms with van der Waals surface area (Å²) < 4.78 is 6.97. The van der Waals surface area contributed by atoms with Crippen molar-refractivity contribution in [1.82, 2.24) is 25.6 Å². The lowest BCUT2D eigenvalue weighted by atomic mass is 10.1. The van der Waals surface area contributed by atoms with E-state index in [1.54, 1.807) is 10.9 Å². The summed E-state index contributed by atoms with van der Waals surface area (Å²) in [5.41, 5.74) is 0.534. The minimum absolute atomic E-state index is 0.192. The molecule has 1 atom stereocenters. The Morgan fingerprint density at radius 1 is 1.48 bits per heavy atom. The molecule has 1 rings (SSSR count). The summed E-state index contributed by atoms with van der Waals surface area (Å²) in [4.78, 5) is 11.7. The fourth-order valence-corrected chi connectivity index (χ4v) is 1.87. The van der Waals surface area contributed by atoms with Gasteiger partial charge in [-0.05, 0) is 27.2 Å². The van der Waals surface area contributed by atoms with Gasteiger partial charge in [-0.1, -0.05) is 18.6 Å². The predicted octanol–water partition coefficient (Wildman–Crippen LogP) is 1.60. The van der Waals surface area contributed by atoms with Crippen molar-refractivity contribution in [3.63, 3.8) is 0 Å². The van der Waals surface area contributed by atoms with Gasteiger partial charge in [0.25, 0.3) is 0 Å². The Morgan fingerprint density at radius 3 is 2.71 bits per heavy atom. The van der Waals surface area contributed by atoms with Gasteiger partial charge in [-0.25, -0.2) is 4.79 Å². The van der Waals surface area contributed by atoms with E-state index in [0.29, 0.717) is 13.1 Å². The van der Waals surface area contributed by atoms with E-state index in [2.05, 4.69) is 27.9 Å². The van der Waals surface area contributed by atoms with Crippen LogP contribution in [0.4, 0.5) is 4.79 Å². The Hall–Kier alpha value is -1.63. The number of hydrogen-bond donors (Lipinski definition) is 2. The lowest BCUT2D eigenvalue weighted by molar-refractivity contribution is 0.0521. The number of nitrogens with one attached hydrogen (secondary N) is 2. The summed E-state index contributed by atoms with van der Waals surface area (Å²) in [7, 11) is 1.86.